The lowest BCUT2D eigenvalue weighted by atomic mass is 9.84. The maximum absolute atomic E-state index is 4.87. The summed E-state index contributed by atoms with van der Waals surface area (Å²) in [6, 6.07) is 22.8. The maximum Gasteiger partial charge on any atom is 0.0736 e. The number of hydrogen-bond acceptors (Lipinski definition) is 2. The molecule has 162 valence electrons. The lowest BCUT2D eigenvalue weighted by Crippen LogP contribution is -2.05. The molecular formula is C31H27NS. The summed E-state index contributed by atoms with van der Waals surface area (Å²) in [5.74, 6) is 0. The van der Waals surface area contributed by atoms with Gasteiger partial charge in [-0.2, -0.15) is 0 Å². The van der Waals surface area contributed by atoms with Crippen molar-refractivity contribution in [3.8, 4) is 22.4 Å². The summed E-state index contributed by atoms with van der Waals surface area (Å²) in [6.07, 6.45) is 12.0. The summed E-state index contributed by atoms with van der Waals surface area (Å²) in [6.45, 7) is 0. The number of hydrogen-bond donors (Lipinski definition) is 0. The van der Waals surface area contributed by atoms with Crippen LogP contribution in [0.4, 0.5) is 0 Å². The van der Waals surface area contributed by atoms with Gasteiger partial charge in [-0.05, 0) is 109 Å². The largest absolute Gasteiger partial charge is 0.256 e. The van der Waals surface area contributed by atoms with Crippen molar-refractivity contribution in [1.29, 1.82) is 0 Å². The Morgan fingerprint density at radius 3 is 2.30 bits per heavy atom. The molecule has 2 aromatic heterocycles. The van der Waals surface area contributed by atoms with E-state index < -0.39 is 0 Å². The molecule has 2 heterocycles. The molecular weight excluding hydrogens is 418 g/mol. The van der Waals surface area contributed by atoms with Gasteiger partial charge in [-0.15, -0.1) is 11.3 Å². The van der Waals surface area contributed by atoms with Crippen LogP contribution in [0.1, 0.15) is 47.9 Å². The Hall–Kier alpha value is -2.97. The van der Waals surface area contributed by atoms with Crippen LogP contribution in [-0.4, -0.2) is 4.98 Å². The fourth-order valence-corrected chi connectivity index (χ4v) is 7.37. The molecule has 3 aromatic carbocycles. The first kappa shape index (κ1) is 19.5. The second kappa shape index (κ2) is 7.81. The van der Waals surface area contributed by atoms with Crippen LogP contribution < -0.4 is 0 Å². The van der Waals surface area contributed by atoms with Crippen LogP contribution in [-0.2, 0) is 25.7 Å². The highest BCUT2D eigenvalue weighted by atomic mass is 32.1. The van der Waals surface area contributed by atoms with Crippen LogP contribution in [0.5, 0.6) is 0 Å². The third kappa shape index (κ3) is 3.15. The van der Waals surface area contributed by atoms with E-state index in [-0.39, 0.29) is 0 Å². The molecule has 0 aliphatic heterocycles. The molecule has 0 saturated carbocycles. The van der Waals surface area contributed by atoms with Gasteiger partial charge in [0.1, 0.15) is 0 Å². The van der Waals surface area contributed by atoms with E-state index >= 15 is 0 Å². The summed E-state index contributed by atoms with van der Waals surface area (Å²) in [4.78, 5) is 4.87. The maximum atomic E-state index is 4.87. The first-order chi connectivity index (χ1) is 16.4. The average molecular weight is 446 g/mol. The number of fused-ring (bicyclic) bond motifs is 6. The molecule has 0 saturated heterocycles. The Kier molecular flexibility index (Phi) is 4.62. The van der Waals surface area contributed by atoms with Gasteiger partial charge in [0, 0.05) is 31.9 Å². The monoisotopic (exact) mass is 445 g/mol. The van der Waals surface area contributed by atoms with Gasteiger partial charge in [0.05, 0.1) is 5.69 Å². The summed E-state index contributed by atoms with van der Waals surface area (Å²) < 4.78 is 2.91. The van der Waals surface area contributed by atoms with Gasteiger partial charge in [-0.25, -0.2) is 0 Å². The van der Waals surface area contributed by atoms with E-state index in [2.05, 4.69) is 60.7 Å². The summed E-state index contributed by atoms with van der Waals surface area (Å²) >= 11 is 1.99. The minimum atomic E-state index is 1.16. The number of rotatable bonds is 2. The van der Waals surface area contributed by atoms with Gasteiger partial charge in [-0.3, -0.25) is 4.98 Å². The predicted octanol–water partition coefficient (Wildman–Crippen LogP) is 8.54. The minimum Gasteiger partial charge on any atom is -0.256 e. The molecule has 2 heteroatoms. The molecule has 0 amide bonds. The Labute approximate surface area is 199 Å². The predicted molar refractivity (Wildman–Crippen MR) is 141 cm³/mol. The van der Waals surface area contributed by atoms with Gasteiger partial charge in [0.15, 0.2) is 0 Å². The second-order valence-corrected chi connectivity index (χ2v) is 10.7. The number of nitrogens with zero attached hydrogens (tertiary/aromatic N) is 1. The van der Waals surface area contributed by atoms with Crippen LogP contribution in [0, 0.1) is 0 Å². The lowest BCUT2D eigenvalue weighted by Gasteiger charge is -2.21. The molecule has 0 unspecified atom stereocenters. The number of aromatic nitrogens is 1. The topological polar surface area (TPSA) is 12.9 Å². The van der Waals surface area contributed by atoms with Gasteiger partial charge in [-0.1, -0.05) is 36.4 Å². The minimum absolute atomic E-state index is 1.16. The molecule has 33 heavy (non-hydrogen) atoms. The number of benzene rings is 3. The summed E-state index contributed by atoms with van der Waals surface area (Å²) in [7, 11) is 0. The molecule has 0 fully saturated rings. The van der Waals surface area contributed by atoms with E-state index in [1.807, 2.05) is 17.5 Å². The van der Waals surface area contributed by atoms with E-state index in [1.165, 1.54) is 98.6 Å². The summed E-state index contributed by atoms with van der Waals surface area (Å²) in [5, 5.41) is 2.83. The lowest BCUT2D eigenvalue weighted by molar-refractivity contribution is 0.684. The van der Waals surface area contributed by atoms with E-state index in [0.29, 0.717) is 0 Å². The highest BCUT2D eigenvalue weighted by Gasteiger charge is 2.21. The highest BCUT2D eigenvalue weighted by molar-refractivity contribution is 7.26. The fourth-order valence-electron chi connectivity index (χ4n) is 6.10. The van der Waals surface area contributed by atoms with Crippen molar-refractivity contribution in [1.82, 2.24) is 4.98 Å². The van der Waals surface area contributed by atoms with Gasteiger partial charge < -0.3 is 0 Å². The van der Waals surface area contributed by atoms with E-state index in [9.17, 15) is 0 Å². The molecule has 2 aliphatic carbocycles. The van der Waals surface area contributed by atoms with Crippen LogP contribution in [0.3, 0.4) is 0 Å². The third-order valence-electron chi connectivity index (χ3n) is 7.72. The van der Waals surface area contributed by atoms with Gasteiger partial charge in [0.25, 0.3) is 0 Å². The van der Waals surface area contributed by atoms with Gasteiger partial charge >= 0.3 is 0 Å². The zero-order chi connectivity index (χ0) is 21.8. The Morgan fingerprint density at radius 2 is 1.42 bits per heavy atom. The molecule has 0 radical (unpaired) electrons. The molecule has 0 N–H and O–H groups in total. The quantitative estimate of drug-likeness (QED) is 0.265. The van der Waals surface area contributed by atoms with E-state index in [0.717, 1.165) is 6.42 Å². The van der Waals surface area contributed by atoms with Gasteiger partial charge in [0.2, 0.25) is 0 Å². The molecule has 0 spiro atoms. The Bertz CT molecular complexity index is 1510. The number of aryl methyl sites for hydroxylation is 2. The molecule has 1 nitrogen and oxygen atoms in total. The SMILES string of the molecule is c1ccc(-c2cc3c(sc4ccc(-c5nccc6c5CCCC6)cc43)c3c2CCCC3)cc1. The van der Waals surface area contributed by atoms with Crippen molar-refractivity contribution in [2.45, 2.75) is 51.4 Å². The first-order valence-electron chi connectivity index (χ1n) is 12.4. The zero-order valence-electron chi connectivity index (χ0n) is 18.9. The van der Waals surface area contributed by atoms with Crippen LogP contribution in [0.15, 0.2) is 66.9 Å². The smallest absolute Gasteiger partial charge is 0.0736 e. The third-order valence-corrected chi connectivity index (χ3v) is 8.96. The molecule has 5 aromatic rings. The average Bonchev–Trinajstić information content (AvgIpc) is 3.26. The van der Waals surface area contributed by atoms with Crippen molar-refractivity contribution in [3.63, 3.8) is 0 Å². The second-order valence-electron chi connectivity index (χ2n) is 9.65. The molecule has 7 rings (SSSR count). The van der Waals surface area contributed by atoms with Crippen LogP contribution >= 0.6 is 11.3 Å². The van der Waals surface area contributed by atoms with Crippen LogP contribution in [0.25, 0.3) is 42.6 Å². The fraction of sp³-hybridized carbons (Fsp3) is 0.258. The van der Waals surface area contributed by atoms with Crippen molar-refractivity contribution < 1.29 is 0 Å². The van der Waals surface area contributed by atoms with Crippen molar-refractivity contribution in [2.75, 3.05) is 0 Å². The Morgan fingerprint density at radius 1 is 0.636 bits per heavy atom. The van der Waals surface area contributed by atoms with Crippen molar-refractivity contribution in [3.05, 3.63) is 89.1 Å². The normalized spacial score (nSPS) is 15.5. The van der Waals surface area contributed by atoms with E-state index in [4.69, 9.17) is 4.98 Å². The summed E-state index contributed by atoms with van der Waals surface area (Å²) in [5.41, 5.74) is 11.5. The zero-order valence-corrected chi connectivity index (χ0v) is 19.7. The Balaban J connectivity index is 1.49. The van der Waals surface area contributed by atoms with Crippen molar-refractivity contribution in [2.24, 2.45) is 0 Å². The molecule has 0 bridgehead atoms. The molecule has 0 atom stereocenters. The number of pyridine rings is 1. The molecule has 2 aliphatic rings. The van der Waals surface area contributed by atoms with E-state index in [1.54, 1.807) is 11.1 Å². The van der Waals surface area contributed by atoms with Crippen LogP contribution in [0.2, 0.25) is 0 Å². The highest BCUT2D eigenvalue weighted by Crippen LogP contribution is 2.45. The first-order valence-corrected chi connectivity index (χ1v) is 13.2. The standard InChI is InChI=1S/C31H27NS/c1-2-8-20(9-3-1)26-19-28-27-18-22(30-23-11-5-4-10-21(23)16-17-32-30)14-15-29(27)33-31(28)25-13-7-6-12-24(25)26/h1-3,8-9,14-19H,4-7,10-13H2. The number of thiophene rings is 1. The van der Waals surface area contributed by atoms with Crippen molar-refractivity contribution >= 4 is 31.5 Å².